The maximum Gasteiger partial charge on any atom is 0.264 e. The molecule has 0 aromatic heterocycles. The lowest BCUT2D eigenvalue weighted by molar-refractivity contribution is -0.118. The SMILES string of the molecule is Cc1ccc(S(=O)(=O)NC(=O)Cc2cccc(O)c2)cc1. The third kappa shape index (κ3) is 4.06. The van der Waals surface area contributed by atoms with E-state index in [2.05, 4.69) is 0 Å². The van der Waals surface area contributed by atoms with Crippen LogP contribution in [0.3, 0.4) is 0 Å². The Morgan fingerprint density at radius 1 is 1.14 bits per heavy atom. The molecule has 2 aromatic rings. The first kappa shape index (κ1) is 15.1. The van der Waals surface area contributed by atoms with Gasteiger partial charge in [0.2, 0.25) is 5.91 Å². The molecule has 21 heavy (non-hydrogen) atoms. The number of carbonyl (C=O) groups is 1. The van der Waals surface area contributed by atoms with E-state index < -0.39 is 15.9 Å². The Labute approximate surface area is 123 Å². The molecule has 0 saturated heterocycles. The molecule has 0 spiro atoms. The van der Waals surface area contributed by atoms with Gasteiger partial charge in [-0.1, -0.05) is 29.8 Å². The van der Waals surface area contributed by atoms with Crippen molar-refractivity contribution in [2.45, 2.75) is 18.2 Å². The van der Waals surface area contributed by atoms with Crippen LogP contribution in [0.5, 0.6) is 5.75 Å². The Hall–Kier alpha value is -2.34. The highest BCUT2D eigenvalue weighted by molar-refractivity contribution is 7.90. The van der Waals surface area contributed by atoms with E-state index in [1.165, 1.54) is 24.3 Å². The summed E-state index contributed by atoms with van der Waals surface area (Å²) in [7, 11) is -3.87. The number of nitrogens with one attached hydrogen (secondary N) is 1. The fraction of sp³-hybridized carbons (Fsp3) is 0.133. The minimum atomic E-state index is -3.87. The van der Waals surface area contributed by atoms with E-state index in [4.69, 9.17) is 0 Å². The van der Waals surface area contributed by atoms with Gasteiger partial charge < -0.3 is 5.11 Å². The number of hydrogen-bond donors (Lipinski definition) is 2. The van der Waals surface area contributed by atoms with E-state index in [0.29, 0.717) is 5.56 Å². The topological polar surface area (TPSA) is 83.5 Å². The van der Waals surface area contributed by atoms with Crippen LogP contribution in [0.4, 0.5) is 0 Å². The van der Waals surface area contributed by atoms with Crippen LogP contribution in [-0.2, 0) is 21.2 Å². The molecule has 0 aliphatic heterocycles. The van der Waals surface area contributed by atoms with Crippen molar-refractivity contribution in [1.82, 2.24) is 4.72 Å². The summed E-state index contributed by atoms with van der Waals surface area (Å²) in [5.74, 6) is -0.622. The Balaban J connectivity index is 2.09. The van der Waals surface area contributed by atoms with E-state index in [9.17, 15) is 18.3 Å². The van der Waals surface area contributed by atoms with Gasteiger partial charge in [-0.25, -0.2) is 13.1 Å². The summed E-state index contributed by atoms with van der Waals surface area (Å²) in [4.78, 5) is 11.8. The first-order chi connectivity index (χ1) is 9.87. The normalized spacial score (nSPS) is 11.1. The molecule has 0 radical (unpaired) electrons. The second kappa shape index (κ2) is 5.97. The van der Waals surface area contributed by atoms with E-state index >= 15 is 0 Å². The molecule has 110 valence electrons. The quantitative estimate of drug-likeness (QED) is 0.901. The van der Waals surface area contributed by atoms with Crippen LogP contribution in [0, 0.1) is 6.92 Å². The molecular weight excluding hydrogens is 290 g/mol. The summed E-state index contributed by atoms with van der Waals surface area (Å²) in [5.41, 5.74) is 1.46. The molecule has 5 nitrogen and oxygen atoms in total. The second-order valence-corrected chi connectivity index (χ2v) is 6.37. The molecular formula is C15H15NO4S. The maximum atomic E-state index is 12.0. The van der Waals surface area contributed by atoms with Gasteiger partial charge in [-0.15, -0.1) is 0 Å². The van der Waals surface area contributed by atoms with Gasteiger partial charge in [0, 0.05) is 0 Å². The predicted octanol–water partition coefficient (Wildman–Crippen LogP) is 1.75. The maximum absolute atomic E-state index is 12.0. The highest BCUT2D eigenvalue weighted by atomic mass is 32.2. The van der Waals surface area contributed by atoms with Crippen molar-refractivity contribution in [2.75, 3.05) is 0 Å². The van der Waals surface area contributed by atoms with Crippen molar-refractivity contribution in [2.24, 2.45) is 0 Å². The summed E-state index contributed by atoms with van der Waals surface area (Å²) in [6.07, 6.45) is -0.126. The number of amides is 1. The Morgan fingerprint density at radius 3 is 2.43 bits per heavy atom. The lowest BCUT2D eigenvalue weighted by Crippen LogP contribution is -2.31. The lowest BCUT2D eigenvalue weighted by Gasteiger charge is -2.07. The molecule has 0 saturated carbocycles. The zero-order chi connectivity index (χ0) is 15.5. The number of phenolic OH excluding ortho intramolecular Hbond substituents is 1. The molecule has 2 aromatic carbocycles. The van der Waals surface area contributed by atoms with E-state index in [1.807, 2.05) is 11.6 Å². The van der Waals surface area contributed by atoms with Crippen molar-refractivity contribution in [1.29, 1.82) is 0 Å². The summed E-state index contributed by atoms with van der Waals surface area (Å²) in [5, 5.41) is 9.31. The van der Waals surface area contributed by atoms with Gasteiger partial charge in [0.05, 0.1) is 11.3 Å². The van der Waals surface area contributed by atoms with E-state index in [1.54, 1.807) is 24.3 Å². The standard InChI is InChI=1S/C15H15NO4S/c1-11-5-7-14(8-6-11)21(19,20)16-15(18)10-12-3-2-4-13(17)9-12/h2-9,17H,10H2,1H3,(H,16,18). The number of rotatable bonds is 4. The zero-order valence-electron chi connectivity index (χ0n) is 11.4. The summed E-state index contributed by atoms with van der Waals surface area (Å²) >= 11 is 0. The Morgan fingerprint density at radius 2 is 1.81 bits per heavy atom. The molecule has 0 aliphatic rings. The van der Waals surface area contributed by atoms with Crippen LogP contribution >= 0.6 is 0 Å². The number of hydrogen-bond acceptors (Lipinski definition) is 4. The van der Waals surface area contributed by atoms with E-state index in [-0.39, 0.29) is 17.1 Å². The van der Waals surface area contributed by atoms with Gasteiger partial charge in [0.15, 0.2) is 0 Å². The van der Waals surface area contributed by atoms with Crippen molar-refractivity contribution in [3.8, 4) is 5.75 Å². The van der Waals surface area contributed by atoms with Crippen LogP contribution in [0.1, 0.15) is 11.1 Å². The minimum absolute atomic E-state index is 0.0293. The van der Waals surface area contributed by atoms with Crippen LogP contribution < -0.4 is 4.72 Å². The van der Waals surface area contributed by atoms with Crippen molar-refractivity contribution >= 4 is 15.9 Å². The first-order valence-electron chi connectivity index (χ1n) is 6.27. The average Bonchev–Trinajstić information content (AvgIpc) is 2.38. The molecule has 6 heteroatoms. The third-order valence-corrected chi connectivity index (χ3v) is 4.24. The highest BCUT2D eigenvalue weighted by Gasteiger charge is 2.17. The minimum Gasteiger partial charge on any atom is -0.508 e. The van der Waals surface area contributed by atoms with Crippen LogP contribution in [0.15, 0.2) is 53.4 Å². The number of aromatic hydroxyl groups is 1. The van der Waals surface area contributed by atoms with Crippen molar-refractivity contribution in [3.63, 3.8) is 0 Å². The van der Waals surface area contributed by atoms with E-state index in [0.717, 1.165) is 5.56 Å². The molecule has 2 N–H and O–H groups in total. The largest absolute Gasteiger partial charge is 0.508 e. The zero-order valence-corrected chi connectivity index (χ0v) is 12.2. The summed E-state index contributed by atoms with van der Waals surface area (Å²) < 4.78 is 26.1. The second-order valence-electron chi connectivity index (χ2n) is 4.69. The van der Waals surface area contributed by atoms with Crippen molar-refractivity contribution < 1.29 is 18.3 Å². The number of phenols is 1. The van der Waals surface area contributed by atoms with Gasteiger partial charge in [0.25, 0.3) is 10.0 Å². The number of sulfonamides is 1. The smallest absolute Gasteiger partial charge is 0.264 e. The van der Waals surface area contributed by atoms with Gasteiger partial charge in [-0.2, -0.15) is 0 Å². The monoisotopic (exact) mass is 305 g/mol. The van der Waals surface area contributed by atoms with Gasteiger partial charge >= 0.3 is 0 Å². The van der Waals surface area contributed by atoms with Crippen molar-refractivity contribution in [3.05, 3.63) is 59.7 Å². The third-order valence-electron chi connectivity index (χ3n) is 2.85. The molecule has 0 bridgehead atoms. The molecule has 1 amide bonds. The van der Waals surface area contributed by atoms with Gasteiger partial charge in [-0.3, -0.25) is 4.79 Å². The Bertz CT molecular complexity index is 751. The lowest BCUT2D eigenvalue weighted by atomic mass is 10.1. The van der Waals surface area contributed by atoms with Crippen LogP contribution in [0.25, 0.3) is 0 Å². The predicted molar refractivity (Wildman–Crippen MR) is 78.3 cm³/mol. The fourth-order valence-corrected chi connectivity index (χ4v) is 2.80. The fourth-order valence-electron chi connectivity index (χ4n) is 1.81. The van der Waals surface area contributed by atoms with Crippen LogP contribution in [0.2, 0.25) is 0 Å². The molecule has 0 atom stereocenters. The number of aryl methyl sites for hydroxylation is 1. The summed E-state index contributed by atoms with van der Waals surface area (Å²) in [6.45, 7) is 1.84. The molecule has 0 aliphatic carbocycles. The van der Waals surface area contributed by atoms with Gasteiger partial charge in [-0.05, 0) is 36.8 Å². The van der Waals surface area contributed by atoms with Gasteiger partial charge in [0.1, 0.15) is 5.75 Å². The summed E-state index contributed by atoms with van der Waals surface area (Å²) in [6, 6.07) is 12.3. The molecule has 2 rings (SSSR count). The van der Waals surface area contributed by atoms with Crippen LogP contribution in [-0.4, -0.2) is 19.4 Å². The number of carbonyl (C=O) groups excluding carboxylic acids is 1. The molecule has 0 unspecified atom stereocenters. The highest BCUT2D eigenvalue weighted by Crippen LogP contribution is 2.13. The number of benzene rings is 2. The molecule has 0 heterocycles. The Kier molecular flexibility index (Phi) is 4.28. The average molecular weight is 305 g/mol. The molecule has 0 fully saturated rings. The first-order valence-corrected chi connectivity index (χ1v) is 7.75.